The third-order valence-corrected chi connectivity index (χ3v) is 8.65. The number of aromatic amines is 1. The van der Waals surface area contributed by atoms with Gasteiger partial charge in [-0.25, -0.2) is 0 Å². The first-order valence-electron chi connectivity index (χ1n) is 12.1. The van der Waals surface area contributed by atoms with Gasteiger partial charge in [-0.15, -0.1) is 0 Å². The van der Waals surface area contributed by atoms with Crippen molar-refractivity contribution in [2.45, 2.75) is 12.8 Å². The number of likely N-dealkylation sites (tertiary alicyclic amines) is 2. The summed E-state index contributed by atoms with van der Waals surface area (Å²) >= 11 is 0. The van der Waals surface area contributed by atoms with Crippen molar-refractivity contribution < 1.29 is 17.2 Å². The Labute approximate surface area is 199 Å². The van der Waals surface area contributed by atoms with E-state index in [-0.39, 0.29) is 26.4 Å². The number of nitrogens with zero attached hydrogens (tertiary/aromatic N) is 4. The standard InChI is InChI=1S/C26H25N5O3.2H2/c32-24-9-16(7-14-3-1-2-4-17(14)24)26(34)31-12-20-18-10-30(11-19(18)21(20)13-31)25(33)15-5-6-22-23(8-15)28-29-27-22;;/h1-6,8,16,18-21H,7,9-13H2,(H,27,28,29);2*1H/t16?,18-,19+,20?,21?;;. The molecule has 7 rings (SSSR count). The highest BCUT2D eigenvalue weighted by molar-refractivity contribution is 6.01. The van der Waals surface area contributed by atoms with Crippen molar-refractivity contribution in [3.8, 4) is 0 Å². The number of fused-ring (bicyclic) bond motifs is 6. The molecule has 3 heterocycles. The van der Waals surface area contributed by atoms with E-state index in [4.69, 9.17) is 0 Å². The second-order valence-corrected chi connectivity index (χ2v) is 10.3. The molecule has 4 aliphatic rings. The minimum atomic E-state index is -0.246. The molecule has 0 radical (unpaired) electrons. The Hall–Kier alpha value is -3.55. The molecule has 3 aromatic rings. The molecule has 2 saturated heterocycles. The van der Waals surface area contributed by atoms with Crippen LogP contribution in [0.1, 0.15) is 35.6 Å². The molecule has 176 valence electrons. The molecule has 3 fully saturated rings. The molecule has 5 atom stereocenters. The number of carbonyl (C=O) groups is 3. The minimum absolute atomic E-state index is 0. The summed E-state index contributed by atoms with van der Waals surface area (Å²) in [5.41, 5.74) is 3.86. The minimum Gasteiger partial charge on any atom is -0.342 e. The summed E-state index contributed by atoms with van der Waals surface area (Å²) in [7, 11) is 0. The van der Waals surface area contributed by atoms with E-state index in [0.29, 0.717) is 47.6 Å². The lowest BCUT2D eigenvalue weighted by Crippen LogP contribution is -2.44. The van der Waals surface area contributed by atoms with E-state index in [1.54, 1.807) is 6.07 Å². The van der Waals surface area contributed by atoms with Crippen LogP contribution in [0.15, 0.2) is 42.5 Å². The van der Waals surface area contributed by atoms with E-state index < -0.39 is 0 Å². The quantitative estimate of drug-likeness (QED) is 0.635. The summed E-state index contributed by atoms with van der Waals surface area (Å²) in [6.45, 7) is 3.01. The van der Waals surface area contributed by atoms with E-state index >= 15 is 0 Å². The third kappa shape index (κ3) is 2.87. The normalized spacial score (nSPS) is 29.5. The summed E-state index contributed by atoms with van der Waals surface area (Å²) < 4.78 is 0. The largest absolute Gasteiger partial charge is 0.342 e. The molecule has 1 aromatic heterocycles. The van der Waals surface area contributed by atoms with Crippen LogP contribution in [0.2, 0.25) is 0 Å². The highest BCUT2D eigenvalue weighted by atomic mass is 16.2. The number of carbonyl (C=O) groups excluding carboxylic acids is 3. The fraction of sp³-hybridized carbons (Fsp3) is 0.423. The van der Waals surface area contributed by atoms with Gasteiger partial charge >= 0.3 is 0 Å². The van der Waals surface area contributed by atoms with Gasteiger partial charge in [-0.05, 0) is 53.9 Å². The first kappa shape index (κ1) is 19.9. The first-order chi connectivity index (χ1) is 16.6. The summed E-state index contributed by atoms with van der Waals surface area (Å²) in [6.07, 6.45) is 0.963. The van der Waals surface area contributed by atoms with Gasteiger partial charge in [0.15, 0.2) is 5.78 Å². The molecular formula is C26H29N5O3. The van der Waals surface area contributed by atoms with Crippen molar-refractivity contribution in [3.63, 3.8) is 0 Å². The lowest BCUT2D eigenvalue weighted by Gasteiger charge is -2.42. The molecule has 2 aliphatic heterocycles. The topological polar surface area (TPSA) is 99.3 Å². The van der Waals surface area contributed by atoms with Crippen molar-refractivity contribution in [1.82, 2.24) is 25.2 Å². The maximum atomic E-state index is 13.3. The Balaban J connectivity index is 0.00000133. The average Bonchev–Trinajstić information content (AvgIpc) is 3.57. The van der Waals surface area contributed by atoms with Crippen molar-refractivity contribution in [3.05, 3.63) is 59.2 Å². The van der Waals surface area contributed by atoms with Crippen LogP contribution in [-0.2, 0) is 11.2 Å². The van der Waals surface area contributed by atoms with Crippen molar-refractivity contribution in [2.24, 2.45) is 29.6 Å². The zero-order valence-electron chi connectivity index (χ0n) is 18.7. The molecule has 34 heavy (non-hydrogen) atoms. The Morgan fingerprint density at radius 1 is 0.853 bits per heavy atom. The van der Waals surface area contributed by atoms with Crippen molar-refractivity contribution in [2.75, 3.05) is 26.2 Å². The van der Waals surface area contributed by atoms with Crippen LogP contribution < -0.4 is 0 Å². The Kier molecular flexibility index (Phi) is 4.22. The van der Waals surface area contributed by atoms with Gasteiger partial charge in [0.05, 0.1) is 0 Å². The number of aromatic nitrogens is 3. The second-order valence-electron chi connectivity index (χ2n) is 10.3. The number of benzene rings is 2. The number of H-pyrrole nitrogens is 1. The van der Waals surface area contributed by atoms with E-state index in [1.165, 1.54) is 0 Å². The number of amides is 2. The molecule has 2 amide bonds. The van der Waals surface area contributed by atoms with Crippen LogP contribution in [0.4, 0.5) is 0 Å². The van der Waals surface area contributed by atoms with Crippen molar-refractivity contribution in [1.29, 1.82) is 0 Å². The Morgan fingerprint density at radius 3 is 2.29 bits per heavy atom. The highest BCUT2D eigenvalue weighted by Gasteiger charge is 2.59. The SMILES string of the molecule is O=C1CC(C(=O)N2CC3C(C2)[C@@H]2CN(C(=O)c4ccc5n[nH]nc5c4)C[C@H]32)Cc2ccccc21.[HH].[HH]. The van der Waals surface area contributed by atoms with Crippen LogP contribution in [0.5, 0.6) is 0 Å². The molecule has 0 spiro atoms. The van der Waals surface area contributed by atoms with Gasteiger partial charge < -0.3 is 9.80 Å². The van der Waals surface area contributed by atoms with E-state index in [0.717, 1.165) is 42.8 Å². The van der Waals surface area contributed by atoms with E-state index in [9.17, 15) is 14.4 Å². The van der Waals surface area contributed by atoms with Crippen LogP contribution in [-0.4, -0.2) is 69.0 Å². The lowest BCUT2D eigenvalue weighted by molar-refractivity contribution is -0.134. The van der Waals surface area contributed by atoms with Gasteiger partial charge in [-0.1, -0.05) is 24.3 Å². The lowest BCUT2D eigenvalue weighted by atomic mass is 9.60. The third-order valence-electron chi connectivity index (χ3n) is 8.65. The molecule has 3 unspecified atom stereocenters. The predicted octanol–water partition coefficient (Wildman–Crippen LogP) is 2.67. The maximum Gasteiger partial charge on any atom is 0.253 e. The van der Waals surface area contributed by atoms with E-state index in [2.05, 4.69) is 15.4 Å². The molecule has 1 N–H and O–H groups in total. The van der Waals surface area contributed by atoms with E-state index in [1.807, 2.05) is 46.2 Å². The van der Waals surface area contributed by atoms with Crippen LogP contribution in [0.3, 0.4) is 0 Å². The highest BCUT2D eigenvalue weighted by Crippen LogP contribution is 2.54. The van der Waals surface area contributed by atoms with Gasteiger partial charge in [0.1, 0.15) is 11.0 Å². The van der Waals surface area contributed by atoms with Gasteiger partial charge in [0.25, 0.3) is 5.91 Å². The Morgan fingerprint density at radius 2 is 1.53 bits per heavy atom. The van der Waals surface area contributed by atoms with Crippen LogP contribution >= 0.6 is 0 Å². The number of hydrogen-bond donors (Lipinski definition) is 1. The fourth-order valence-corrected chi connectivity index (χ4v) is 6.95. The molecule has 1 saturated carbocycles. The molecule has 2 aromatic carbocycles. The van der Waals surface area contributed by atoms with Gasteiger partial charge in [0.2, 0.25) is 5.91 Å². The molecule has 0 bridgehead atoms. The number of rotatable bonds is 2. The van der Waals surface area contributed by atoms with Gasteiger partial charge in [-0.2, -0.15) is 15.4 Å². The fourth-order valence-electron chi connectivity index (χ4n) is 6.95. The number of Topliss-reactive ketones (excluding diaryl/α,β-unsaturated/α-hetero) is 1. The number of hydrogen-bond acceptors (Lipinski definition) is 5. The maximum absolute atomic E-state index is 13.3. The zero-order chi connectivity index (χ0) is 23.0. The zero-order valence-corrected chi connectivity index (χ0v) is 18.7. The molecule has 8 heteroatoms. The summed E-state index contributed by atoms with van der Waals surface area (Å²) in [6, 6.07) is 13.1. The molecule has 8 nitrogen and oxygen atoms in total. The Bertz CT molecular complexity index is 1340. The second kappa shape index (κ2) is 7.22. The summed E-state index contributed by atoms with van der Waals surface area (Å²) in [5, 5.41) is 10.7. The molecule has 2 aliphatic carbocycles. The average molecular weight is 460 g/mol. The smallest absolute Gasteiger partial charge is 0.253 e. The van der Waals surface area contributed by atoms with Gasteiger partial charge in [-0.3, -0.25) is 14.4 Å². The predicted molar refractivity (Wildman–Crippen MR) is 127 cm³/mol. The summed E-state index contributed by atoms with van der Waals surface area (Å²) in [4.78, 5) is 43.0. The van der Waals surface area contributed by atoms with Crippen molar-refractivity contribution >= 4 is 28.6 Å². The van der Waals surface area contributed by atoms with Crippen LogP contribution in [0, 0.1) is 29.6 Å². The number of ketones is 1. The first-order valence-corrected chi connectivity index (χ1v) is 12.1. The summed E-state index contributed by atoms with van der Waals surface area (Å²) in [5.74, 6) is 1.83. The molecular weight excluding hydrogens is 430 g/mol. The monoisotopic (exact) mass is 459 g/mol. The van der Waals surface area contributed by atoms with Crippen LogP contribution in [0.25, 0.3) is 11.0 Å². The number of nitrogens with one attached hydrogen (secondary N) is 1. The van der Waals surface area contributed by atoms with Gasteiger partial charge in [0, 0.05) is 52.5 Å².